The first-order chi connectivity index (χ1) is 11.8. The van der Waals surface area contributed by atoms with Crippen molar-refractivity contribution in [3.05, 3.63) is 32.4 Å². The van der Waals surface area contributed by atoms with E-state index in [1.807, 2.05) is 12.1 Å². The average molecular weight is 496 g/mol. The lowest BCUT2D eigenvalue weighted by molar-refractivity contribution is -0.116. The van der Waals surface area contributed by atoms with Crippen LogP contribution in [0.1, 0.15) is 18.9 Å². The zero-order valence-electron chi connectivity index (χ0n) is 13.7. The highest BCUT2D eigenvalue weighted by molar-refractivity contribution is 9.11. The number of ether oxygens (including phenoxy) is 2. The van der Waals surface area contributed by atoms with Gasteiger partial charge in [-0.2, -0.15) is 0 Å². The molecule has 0 bridgehead atoms. The fraction of sp³-hybridized carbons (Fsp3) is 0.375. The van der Waals surface area contributed by atoms with Crippen molar-refractivity contribution in [3.8, 4) is 5.75 Å². The van der Waals surface area contributed by atoms with Crippen LogP contribution < -0.4 is 15.8 Å². The van der Waals surface area contributed by atoms with Crippen LogP contribution >= 0.6 is 43.5 Å². The summed E-state index contributed by atoms with van der Waals surface area (Å²) in [5, 5.41) is 2.31. The summed E-state index contributed by atoms with van der Waals surface area (Å²) in [4.78, 5) is 16.2. The van der Waals surface area contributed by atoms with Crippen molar-refractivity contribution >= 4 is 61.3 Å². The third-order valence-corrected chi connectivity index (χ3v) is 4.99. The molecule has 25 heavy (non-hydrogen) atoms. The molecule has 0 radical (unpaired) electrons. The molecule has 0 aliphatic carbocycles. The Balaban J connectivity index is 2.09. The number of benzene rings is 1. The molecule has 3 N–H and O–H groups in total. The second-order valence-corrected chi connectivity index (χ2v) is 7.64. The molecule has 0 aromatic heterocycles. The lowest BCUT2D eigenvalue weighted by Crippen LogP contribution is -2.34. The van der Waals surface area contributed by atoms with Crippen LogP contribution in [-0.2, 0) is 9.53 Å². The maximum atomic E-state index is 12.1. The SMILES string of the molecule is COc1c(Br)cc(/C=C2\OC(C(Cl)CCN=C(C)N)NC2=O)cc1Br. The Kier molecular flexibility index (Phi) is 7.15. The number of halogens is 3. The summed E-state index contributed by atoms with van der Waals surface area (Å²) in [5.74, 6) is 1.07. The highest BCUT2D eigenvalue weighted by Crippen LogP contribution is 2.35. The van der Waals surface area contributed by atoms with Crippen LogP contribution in [0.4, 0.5) is 0 Å². The Morgan fingerprint density at radius 1 is 1.52 bits per heavy atom. The molecule has 2 unspecified atom stereocenters. The van der Waals surface area contributed by atoms with Gasteiger partial charge in [-0.05, 0) is 69.0 Å². The van der Waals surface area contributed by atoms with Crippen molar-refractivity contribution in [2.24, 2.45) is 10.7 Å². The van der Waals surface area contributed by atoms with Crippen molar-refractivity contribution < 1.29 is 14.3 Å². The number of rotatable bonds is 6. The van der Waals surface area contributed by atoms with Gasteiger partial charge >= 0.3 is 0 Å². The molecule has 1 fully saturated rings. The van der Waals surface area contributed by atoms with E-state index in [9.17, 15) is 4.79 Å². The van der Waals surface area contributed by atoms with E-state index < -0.39 is 11.6 Å². The van der Waals surface area contributed by atoms with Crippen LogP contribution in [0.25, 0.3) is 6.08 Å². The highest BCUT2D eigenvalue weighted by Gasteiger charge is 2.33. The predicted molar refractivity (Wildman–Crippen MR) is 106 cm³/mol. The Hall–Kier alpha value is -1.25. The predicted octanol–water partition coefficient (Wildman–Crippen LogP) is 3.41. The molecular weight excluding hydrogens is 477 g/mol. The average Bonchev–Trinajstić information content (AvgIpc) is 2.87. The first kappa shape index (κ1) is 20.1. The Morgan fingerprint density at radius 2 is 2.16 bits per heavy atom. The van der Waals surface area contributed by atoms with E-state index in [0.717, 1.165) is 14.5 Å². The van der Waals surface area contributed by atoms with E-state index in [4.69, 9.17) is 26.8 Å². The maximum Gasteiger partial charge on any atom is 0.289 e. The summed E-state index contributed by atoms with van der Waals surface area (Å²) in [6.45, 7) is 2.19. The third kappa shape index (κ3) is 5.36. The number of nitrogens with one attached hydrogen (secondary N) is 1. The highest BCUT2D eigenvalue weighted by atomic mass is 79.9. The van der Waals surface area contributed by atoms with E-state index in [0.29, 0.717) is 24.6 Å². The van der Waals surface area contributed by atoms with Gasteiger partial charge in [0.15, 0.2) is 12.0 Å². The number of methoxy groups -OCH3 is 1. The Bertz CT molecular complexity index is 698. The molecule has 2 atom stereocenters. The normalized spacial score (nSPS) is 20.4. The summed E-state index contributed by atoms with van der Waals surface area (Å²) < 4.78 is 12.4. The summed E-state index contributed by atoms with van der Waals surface area (Å²) >= 11 is 13.1. The van der Waals surface area contributed by atoms with Crippen LogP contribution in [0.5, 0.6) is 5.75 Å². The van der Waals surface area contributed by atoms with E-state index in [2.05, 4.69) is 42.2 Å². The van der Waals surface area contributed by atoms with Gasteiger partial charge in [-0.15, -0.1) is 11.6 Å². The maximum absolute atomic E-state index is 12.1. The molecule has 1 aliphatic rings. The molecule has 1 saturated heterocycles. The quantitative estimate of drug-likeness (QED) is 0.274. The summed E-state index contributed by atoms with van der Waals surface area (Å²) in [6, 6.07) is 3.66. The van der Waals surface area contributed by atoms with E-state index in [-0.39, 0.29) is 11.7 Å². The van der Waals surface area contributed by atoms with Gasteiger partial charge < -0.3 is 20.5 Å². The summed E-state index contributed by atoms with van der Waals surface area (Å²) in [5.41, 5.74) is 6.26. The lowest BCUT2D eigenvalue weighted by atomic mass is 10.2. The third-order valence-electron chi connectivity index (χ3n) is 3.37. The minimum absolute atomic E-state index is 0.207. The van der Waals surface area contributed by atoms with Crippen molar-refractivity contribution in [1.82, 2.24) is 5.32 Å². The second kappa shape index (κ2) is 8.91. The smallest absolute Gasteiger partial charge is 0.289 e. The number of nitrogens with zero attached hydrogens (tertiary/aromatic N) is 1. The molecule has 0 saturated carbocycles. The molecule has 1 heterocycles. The number of hydrogen-bond donors (Lipinski definition) is 2. The zero-order valence-corrected chi connectivity index (χ0v) is 17.6. The monoisotopic (exact) mass is 493 g/mol. The van der Waals surface area contributed by atoms with E-state index in [1.165, 1.54) is 0 Å². The van der Waals surface area contributed by atoms with Gasteiger partial charge in [-0.3, -0.25) is 9.79 Å². The van der Waals surface area contributed by atoms with Gasteiger partial charge in [0.05, 0.1) is 27.3 Å². The largest absolute Gasteiger partial charge is 0.494 e. The fourth-order valence-corrected chi connectivity index (χ4v) is 3.97. The number of aliphatic imine (C=N–C) groups is 1. The van der Waals surface area contributed by atoms with Crippen molar-refractivity contribution in [3.63, 3.8) is 0 Å². The summed E-state index contributed by atoms with van der Waals surface area (Å²) in [7, 11) is 1.58. The van der Waals surface area contributed by atoms with Crippen LogP contribution in [0.2, 0.25) is 0 Å². The molecule has 1 aromatic carbocycles. The lowest BCUT2D eigenvalue weighted by Gasteiger charge is -2.15. The number of amidine groups is 1. The fourth-order valence-electron chi connectivity index (χ4n) is 2.21. The number of hydrogen-bond acceptors (Lipinski definition) is 4. The number of carbonyl (C=O) groups excluding carboxylic acids is 1. The topological polar surface area (TPSA) is 85.9 Å². The number of alkyl halides is 1. The Labute approximate surface area is 168 Å². The van der Waals surface area contributed by atoms with E-state index in [1.54, 1.807) is 20.1 Å². The molecule has 136 valence electrons. The number of nitrogens with two attached hydrogens (primary N) is 1. The van der Waals surface area contributed by atoms with Crippen LogP contribution in [0.15, 0.2) is 31.8 Å². The van der Waals surface area contributed by atoms with Gasteiger partial charge in [-0.25, -0.2) is 0 Å². The second-order valence-electron chi connectivity index (χ2n) is 5.37. The van der Waals surface area contributed by atoms with Gasteiger partial charge in [0, 0.05) is 6.54 Å². The summed E-state index contributed by atoms with van der Waals surface area (Å²) in [6.07, 6.45) is 1.59. The van der Waals surface area contributed by atoms with Gasteiger partial charge in [0.25, 0.3) is 5.91 Å². The molecule has 1 amide bonds. The first-order valence-corrected chi connectivity index (χ1v) is 9.47. The van der Waals surface area contributed by atoms with Crippen LogP contribution in [0.3, 0.4) is 0 Å². The van der Waals surface area contributed by atoms with Gasteiger partial charge in [0.1, 0.15) is 5.75 Å². The van der Waals surface area contributed by atoms with Crippen molar-refractivity contribution in [1.29, 1.82) is 0 Å². The van der Waals surface area contributed by atoms with Crippen molar-refractivity contribution in [2.45, 2.75) is 24.9 Å². The first-order valence-electron chi connectivity index (χ1n) is 7.44. The molecule has 1 aromatic rings. The number of amides is 1. The van der Waals surface area contributed by atoms with E-state index >= 15 is 0 Å². The zero-order chi connectivity index (χ0) is 18.6. The van der Waals surface area contributed by atoms with Gasteiger partial charge in [0.2, 0.25) is 0 Å². The molecule has 2 rings (SSSR count). The van der Waals surface area contributed by atoms with Crippen LogP contribution in [0, 0.1) is 0 Å². The van der Waals surface area contributed by atoms with Crippen LogP contribution in [-0.4, -0.2) is 37.0 Å². The standard InChI is InChI=1S/C16H18Br2ClN3O3/c1-8(20)21-4-3-12(19)16-22-15(23)13(25-16)7-9-5-10(17)14(24-2)11(18)6-9/h5-7,12,16H,3-4H2,1-2H3,(H2,20,21)(H,22,23)/b13-7-. The van der Waals surface area contributed by atoms with Gasteiger partial charge in [-0.1, -0.05) is 0 Å². The number of carbonyl (C=O) groups is 1. The minimum atomic E-state index is -0.598. The molecular formula is C16H18Br2ClN3O3. The molecule has 9 heteroatoms. The van der Waals surface area contributed by atoms with Crippen molar-refractivity contribution in [2.75, 3.05) is 13.7 Å². The Morgan fingerprint density at radius 3 is 2.72 bits per heavy atom. The molecule has 1 aliphatic heterocycles. The minimum Gasteiger partial charge on any atom is -0.494 e. The molecule has 6 nitrogen and oxygen atoms in total. The molecule has 0 spiro atoms.